The van der Waals surface area contributed by atoms with E-state index in [-0.39, 0.29) is 12.7 Å². The molecule has 15 heavy (non-hydrogen) atoms. The molecule has 82 valence electrons. The maximum Gasteiger partial charge on any atom is 0.125 e. The van der Waals surface area contributed by atoms with Crippen LogP contribution >= 0.6 is 0 Å². The first-order chi connectivity index (χ1) is 7.24. The summed E-state index contributed by atoms with van der Waals surface area (Å²) < 4.78 is 11.1. The Morgan fingerprint density at radius 3 is 3.00 bits per heavy atom. The lowest BCUT2D eigenvalue weighted by atomic mass is 10.1. The van der Waals surface area contributed by atoms with Crippen molar-refractivity contribution in [1.82, 2.24) is 0 Å². The van der Waals surface area contributed by atoms with Gasteiger partial charge < -0.3 is 14.6 Å². The standard InChI is InChI=1S/C12H16O3/c1-3-14-11-5-9-4-8(2)15-12(9)6-10(11)7-13/h5-6,8,13H,3-4,7H2,1-2H3/t8-/m0/s1. The van der Waals surface area contributed by atoms with Gasteiger partial charge in [0.05, 0.1) is 13.2 Å². The summed E-state index contributed by atoms with van der Waals surface area (Å²) in [7, 11) is 0. The number of aliphatic hydroxyl groups excluding tert-OH is 1. The number of fused-ring (bicyclic) bond motifs is 1. The number of hydrogen-bond donors (Lipinski definition) is 1. The van der Waals surface area contributed by atoms with Gasteiger partial charge in [-0.2, -0.15) is 0 Å². The normalized spacial score (nSPS) is 18.5. The van der Waals surface area contributed by atoms with Crippen molar-refractivity contribution in [3.8, 4) is 11.5 Å². The lowest BCUT2D eigenvalue weighted by Gasteiger charge is -2.10. The van der Waals surface area contributed by atoms with Crippen LogP contribution in [0.15, 0.2) is 12.1 Å². The van der Waals surface area contributed by atoms with Crippen LogP contribution in [0.3, 0.4) is 0 Å². The SMILES string of the molecule is CCOc1cc2c(cc1CO)O[C@@H](C)C2. The van der Waals surface area contributed by atoms with Gasteiger partial charge in [-0.3, -0.25) is 0 Å². The fourth-order valence-corrected chi connectivity index (χ4v) is 1.89. The van der Waals surface area contributed by atoms with Crippen LogP contribution in [0.1, 0.15) is 25.0 Å². The highest BCUT2D eigenvalue weighted by molar-refractivity contribution is 5.48. The summed E-state index contributed by atoms with van der Waals surface area (Å²) in [6.07, 6.45) is 1.14. The number of benzene rings is 1. The molecule has 0 radical (unpaired) electrons. The van der Waals surface area contributed by atoms with E-state index in [1.807, 2.05) is 26.0 Å². The van der Waals surface area contributed by atoms with Crippen molar-refractivity contribution >= 4 is 0 Å². The average molecular weight is 208 g/mol. The Kier molecular flexibility index (Phi) is 2.82. The Hall–Kier alpha value is -1.22. The summed E-state index contributed by atoms with van der Waals surface area (Å²) in [4.78, 5) is 0. The van der Waals surface area contributed by atoms with Gasteiger partial charge in [-0.15, -0.1) is 0 Å². The second-order valence-electron chi connectivity index (χ2n) is 3.79. The summed E-state index contributed by atoms with van der Waals surface area (Å²) in [5.41, 5.74) is 1.97. The van der Waals surface area contributed by atoms with E-state index >= 15 is 0 Å². The van der Waals surface area contributed by atoms with Crippen LogP contribution in [0.25, 0.3) is 0 Å². The Morgan fingerprint density at radius 2 is 2.33 bits per heavy atom. The molecule has 0 saturated carbocycles. The van der Waals surface area contributed by atoms with Gasteiger partial charge in [0.25, 0.3) is 0 Å². The topological polar surface area (TPSA) is 38.7 Å². The minimum atomic E-state index is -0.0135. The minimum Gasteiger partial charge on any atom is -0.493 e. The van der Waals surface area contributed by atoms with Gasteiger partial charge in [0.15, 0.2) is 0 Å². The fraction of sp³-hybridized carbons (Fsp3) is 0.500. The van der Waals surface area contributed by atoms with E-state index < -0.39 is 0 Å². The van der Waals surface area contributed by atoms with E-state index in [4.69, 9.17) is 9.47 Å². The molecule has 1 aromatic rings. The second kappa shape index (κ2) is 4.11. The van der Waals surface area contributed by atoms with Crippen LogP contribution in [0.5, 0.6) is 11.5 Å². The molecular formula is C12H16O3. The third-order valence-electron chi connectivity index (χ3n) is 2.55. The lowest BCUT2D eigenvalue weighted by Crippen LogP contribution is -2.05. The van der Waals surface area contributed by atoms with E-state index in [1.54, 1.807) is 0 Å². The van der Waals surface area contributed by atoms with Crippen molar-refractivity contribution in [3.63, 3.8) is 0 Å². The smallest absolute Gasteiger partial charge is 0.125 e. The number of rotatable bonds is 3. The Morgan fingerprint density at radius 1 is 1.53 bits per heavy atom. The van der Waals surface area contributed by atoms with Crippen molar-refractivity contribution in [2.24, 2.45) is 0 Å². The fourth-order valence-electron chi connectivity index (χ4n) is 1.89. The van der Waals surface area contributed by atoms with Gasteiger partial charge in [-0.05, 0) is 26.0 Å². The summed E-state index contributed by atoms with van der Waals surface area (Å²) in [5, 5.41) is 9.21. The largest absolute Gasteiger partial charge is 0.493 e. The van der Waals surface area contributed by atoms with E-state index in [9.17, 15) is 5.11 Å². The van der Waals surface area contributed by atoms with Gasteiger partial charge in [0.2, 0.25) is 0 Å². The van der Waals surface area contributed by atoms with Crippen molar-refractivity contribution in [3.05, 3.63) is 23.3 Å². The molecular weight excluding hydrogens is 192 g/mol. The quantitative estimate of drug-likeness (QED) is 0.824. The molecule has 0 unspecified atom stereocenters. The molecule has 3 heteroatoms. The number of aliphatic hydroxyl groups is 1. The highest BCUT2D eigenvalue weighted by atomic mass is 16.5. The molecule has 0 amide bonds. The maximum absolute atomic E-state index is 9.21. The molecule has 0 saturated heterocycles. The molecule has 3 nitrogen and oxygen atoms in total. The monoisotopic (exact) mass is 208 g/mol. The maximum atomic E-state index is 9.21. The summed E-state index contributed by atoms with van der Waals surface area (Å²) in [6, 6.07) is 3.86. The van der Waals surface area contributed by atoms with Crippen molar-refractivity contribution in [2.45, 2.75) is 33.0 Å². The van der Waals surface area contributed by atoms with Gasteiger partial charge in [-0.1, -0.05) is 0 Å². The van der Waals surface area contributed by atoms with Crippen LogP contribution in [0.2, 0.25) is 0 Å². The molecule has 0 fully saturated rings. The zero-order valence-corrected chi connectivity index (χ0v) is 9.12. The highest BCUT2D eigenvalue weighted by Gasteiger charge is 2.21. The van der Waals surface area contributed by atoms with Crippen LogP contribution in [-0.2, 0) is 13.0 Å². The molecule has 2 rings (SSSR count). The van der Waals surface area contributed by atoms with Crippen molar-refractivity contribution in [2.75, 3.05) is 6.61 Å². The average Bonchev–Trinajstić information content (AvgIpc) is 2.56. The second-order valence-corrected chi connectivity index (χ2v) is 3.79. The third-order valence-corrected chi connectivity index (χ3v) is 2.55. The zero-order chi connectivity index (χ0) is 10.8. The van der Waals surface area contributed by atoms with E-state index in [0.717, 1.165) is 23.5 Å². The Bertz CT molecular complexity index is 360. The van der Waals surface area contributed by atoms with E-state index in [2.05, 4.69) is 0 Å². The molecule has 1 aliphatic heterocycles. The van der Waals surface area contributed by atoms with Crippen molar-refractivity contribution < 1.29 is 14.6 Å². The predicted octanol–water partition coefficient (Wildman–Crippen LogP) is 1.90. The van der Waals surface area contributed by atoms with Gasteiger partial charge >= 0.3 is 0 Å². The molecule has 0 aliphatic carbocycles. The van der Waals surface area contributed by atoms with Gasteiger partial charge in [0, 0.05) is 17.5 Å². The van der Waals surface area contributed by atoms with Gasteiger partial charge in [-0.25, -0.2) is 0 Å². The lowest BCUT2D eigenvalue weighted by molar-refractivity contribution is 0.250. The van der Waals surface area contributed by atoms with Crippen LogP contribution in [0, 0.1) is 0 Å². The molecule has 0 bridgehead atoms. The molecule has 1 N–H and O–H groups in total. The molecule has 0 spiro atoms. The van der Waals surface area contributed by atoms with Gasteiger partial charge in [0.1, 0.15) is 17.6 Å². The Labute approximate surface area is 89.6 Å². The van der Waals surface area contributed by atoms with E-state index in [1.165, 1.54) is 5.56 Å². The highest BCUT2D eigenvalue weighted by Crippen LogP contribution is 2.34. The zero-order valence-electron chi connectivity index (χ0n) is 9.12. The molecule has 1 aromatic carbocycles. The third kappa shape index (κ3) is 1.92. The number of ether oxygens (including phenoxy) is 2. The molecule has 1 heterocycles. The first kappa shape index (κ1) is 10.3. The predicted molar refractivity (Wildman–Crippen MR) is 57.3 cm³/mol. The van der Waals surface area contributed by atoms with E-state index in [0.29, 0.717) is 6.61 Å². The summed E-state index contributed by atoms with van der Waals surface area (Å²) in [5.74, 6) is 1.66. The first-order valence-electron chi connectivity index (χ1n) is 5.30. The Balaban J connectivity index is 2.36. The van der Waals surface area contributed by atoms with Crippen LogP contribution in [0.4, 0.5) is 0 Å². The number of hydrogen-bond acceptors (Lipinski definition) is 3. The summed E-state index contributed by atoms with van der Waals surface area (Å²) >= 11 is 0. The molecule has 0 aromatic heterocycles. The summed E-state index contributed by atoms with van der Waals surface area (Å²) in [6.45, 7) is 4.58. The minimum absolute atomic E-state index is 0.0135. The van der Waals surface area contributed by atoms with Crippen LogP contribution < -0.4 is 9.47 Å². The first-order valence-corrected chi connectivity index (χ1v) is 5.30. The van der Waals surface area contributed by atoms with Crippen LogP contribution in [-0.4, -0.2) is 17.8 Å². The molecule has 1 atom stereocenters. The molecule has 1 aliphatic rings. The van der Waals surface area contributed by atoms with Crippen molar-refractivity contribution in [1.29, 1.82) is 0 Å².